The number of hydrogen-bond donors (Lipinski definition) is 0. The van der Waals surface area contributed by atoms with Crippen LogP contribution in [-0.2, 0) is 23.8 Å². The molecule has 5 unspecified atom stereocenters. The van der Waals surface area contributed by atoms with Gasteiger partial charge in [0.25, 0.3) is 0 Å². The number of thioether (sulfide) groups is 2. The van der Waals surface area contributed by atoms with E-state index in [-0.39, 0.29) is 6.61 Å². The lowest BCUT2D eigenvalue weighted by Gasteiger charge is -2.61. The highest BCUT2D eigenvalue weighted by molar-refractivity contribution is 8.23. The Hall–Kier alpha value is -1.89. The Labute approximate surface area is 172 Å². The van der Waals surface area contributed by atoms with Gasteiger partial charge >= 0.3 is 11.9 Å². The minimum atomic E-state index is -1.24. The molecule has 3 heterocycles. The number of carbonyl (C=O) groups is 2. The highest BCUT2D eigenvalue weighted by atomic mass is 32.2. The predicted octanol–water partition coefficient (Wildman–Crippen LogP) is 2.28. The summed E-state index contributed by atoms with van der Waals surface area (Å²) in [6.45, 7) is 5.90. The van der Waals surface area contributed by atoms with Crippen molar-refractivity contribution in [2.75, 3.05) is 26.6 Å². The first kappa shape index (κ1) is 20.8. The summed E-state index contributed by atoms with van der Waals surface area (Å²) in [5.74, 6) is -1.57. The lowest BCUT2D eigenvalue weighted by molar-refractivity contribution is -0.180. The molecule has 5 atom stereocenters. The van der Waals surface area contributed by atoms with E-state index in [1.165, 1.54) is 37.7 Å². The normalized spacial score (nSPS) is 32.7. The number of esters is 2. The number of carbonyl (C=O) groups excluding carboxylic acids is 2. The lowest BCUT2D eigenvalue weighted by Crippen LogP contribution is -2.74. The van der Waals surface area contributed by atoms with E-state index in [2.05, 4.69) is 12.6 Å². The van der Waals surface area contributed by atoms with Crippen molar-refractivity contribution in [1.29, 1.82) is 5.26 Å². The fourth-order valence-corrected chi connectivity index (χ4v) is 7.12. The van der Waals surface area contributed by atoms with Gasteiger partial charge in [0.2, 0.25) is 0 Å². The van der Waals surface area contributed by atoms with E-state index in [9.17, 15) is 14.9 Å². The van der Waals surface area contributed by atoms with Gasteiger partial charge in [0, 0.05) is 5.92 Å². The van der Waals surface area contributed by atoms with Gasteiger partial charge in [-0.1, -0.05) is 36.9 Å². The predicted molar refractivity (Wildman–Crippen MR) is 107 cm³/mol. The summed E-state index contributed by atoms with van der Waals surface area (Å²) < 4.78 is 15.7. The van der Waals surface area contributed by atoms with Crippen LogP contribution in [0.4, 0.5) is 0 Å². The number of rotatable bonds is 7. The summed E-state index contributed by atoms with van der Waals surface area (Å²) in [6.07, 6.45) is 4.78. The molecule has 7 nitrogen and oxygen atoms in total. The van der Waals surface area contributed by atoms with Crippen molar-refractivity contribution < 1.29 is 23.8 Å². The first-order valence-electron chi connectivity index (χ1n) is 8.83. The summed E-state index contributed by atoms with van der Waals surface area (Å²) in [6, 6.07) is 1.71. The number of allylic oxidation sites excluding steroid dienone is 1. The molecule has 0 saturated carbocycles. The molecule has 3 aliphatic heterocycles. The molecule has 1 aliphatic carbocycles. The van der Waals surface area contributed by atoms with Crippen LogP contribution in [0.25, 0.3) is 0 Å². The van der Waals surface area contributed by atoms with Crippen LogP contribution < -0.4 is 0 Å². The van der Waals surface area contributed by atoms with Gasteiger partial charge in [-0.05, 0) is 5.75 Å². The number of piperidine rings is 1. The van der Waals surface area contributed by atoms with Gasteiger partial charge in [-0.25, -0.2) is 0 Å². The molecule has 0 aromatic heterocycles. The quantitative estimate of drug-likeness (QED) is 0.453. The third-order valence-electron chi connectivity index (χ3n) is 5.14. The van der Waals surface area contributed by atoms with Crippen LogP contribution in [0.2, 0.25) is 0 Å². The summed E-state index contributed by atoms with van der Waals surface area (Å²) in [5.41, 5.74) is 0.452. The van der Waals surface area contributed by atoms with Gasteiger partial charge in [0.15, 0.2) is 4.75 Å². The Morgan fingerprint density at radius 1 is 1.43 bits per heavy atom. The second-order valence-corrected chi connectivity index (χ2v) is 9.22. The summed E-state index contributed by atoms with van der Waals surface area (Å²) in [5, 5.41) is 9.89. The second kappa shape index (κ2) is 8.23. The van der Waals surface area contributed by atoms with Gasteiger partial charge in [0.05, 0.1) is 37.0 Å². The van der Waals surface area contributed by atoms with E-state index in [4.69, 9.17) is 14.2 Å². The molecule has 1 fully saturated rings. The van der Waals surface area contributed by atoms with E-state index in [0.717, 1.165) is 0 Å². The van der Waals surface area contributed by atoms with E-state index in [0.29, 0.717) is 15.7 Å². The van der Waals surface area contributed by atoms with Crippen LogP contribution in [0, 0.1) is 23.2 Å². The average Bonchev–Trinajstić information content (AvgIpc) is 2.72. The van der Waals surface area contributed by atoms with Crippen LogP contribution in [0.1, 0.15) is 6.92 Å². The Bertz CT molecular complexity index is 790. The van der Waals surface area contributed by atoms with Crippen LogP contribution >= 0.6 is 23.5 Å². The van der Waals surface area contributed by atoms with Crippen molar-refractivity contribution in [2.45, 2.75) is 23.9 Å². The van der Waals surface area contributed by atoms with Crippen LogP contribution in [0.15, 0.2) is 34.7 Å². The highest BCUT2D eigenvalue weighted by Gasteiger charge is 2.70. The Kier molecular flexibility index (Phi) is 6.12. The van der Waals surface area contributed by atoms with Crippen LogP contribution in [0.3, 0.4) is 0 Å². The van der Waals surface area contributed by atoms with E-state index in [1.807, 2.05) is 24.0 Å². The summed E-state index contributed by atoms with van der Waals surface area (Å²) >= 11 is 2.70. The van der Waals surface area contributed by atoms with Crippen LogP contribution in [-0.4, -0.2) is 60.4 Å². The van der Waals surface area contributed by atoms with E-state index in [1.54, 1.807) is 6.08 Å². The number of nitrogens with zero attached hydrogens (tertiary/aromatic N) is 2. The standard InChI is InChI=1S/C19H22N2O5S2/c1-5-9-26-15-11-7-8-13-19(18(23)25-4,14(11)16(22)24-3)28-17(27-6-2)12(10-20)21(13)15/h5,7-8,11,13-15H,1,6,9H2,2-4H3. The molecule has 0 spiro atoms. The van der Waals surface area contributed by atoms with Crippen molar-refractivity contribution in [3.8, 4) is 6.07 Å². The molecule has 4 rings (SSSR count). The third kappa shape index (κ3) is 2.86. The zero-order valence-electron chi connectivity index (χ0n) is 15.9. The first-order chi connectivity index (χ1) is 13.5. The number of hydrogen-bond acceptors (Lipinski definition) is 9. The molecular weight excluding hydrogens is 400 g/mol. The Morgan fingerprint density at radius 3 is 2.75 bits per heavy atom. The van der Waals surface area contributed by atoms with Crippen LogP contribution in [0.5, 0.6) is 0 Å². The molecule has 4 aliphatic rings. The molecule has 1 saturated heterocycles. The van der Waals surface area contributed by atoms with Crippen molar-refractivity contribution in [2.24, 2.45) is 11.8 Å². The molecule has 4 bridgehead atoms. The van der Waals surface area contributed by atoms with E-state index < -0.39 is 40.8 Å². The van der Waals surface area contributed by atoms with Crippen molar-refractivity contribution in [1.82, 2.24) is 4.90 Å². The van der Waals surface area contributed by atoms with Crippen molar-refractivity contribution in [3.63, 3.8) is 0 Å². The second-order valence-electron chi connectivity index (χ2n) is 6.40. The van der Waals surface area contributed by atoms with Crippen molar-refractivity contribution >= 4 is 35.5 Å². The van der Waals surface area contributed by atoms with Gasteiger partial charge in [-0.3, -0.25) is 9.59 Å². The Morgan fingerprint density at radius 2 is 2.18 bits per heavy atom. The molecule has 28 heavy (non-hydrogen) atoms. The zero-order chi connectivity index (χ0) is 20.5. The molecule has 0 aromatic rings. The molecule has 9 heteroatoms. The highest BCUT2D eigenvalue weighted by Crippen LogP contribution is 2.61. The molecule has 0 amide bonds. The average molecular weight is 423 g/mol. The van der Waals surface area contributed by atoms with Gasteiger partial charge in [-0.2, -0.15) is 5.26 Å². The minimum absolute atomic E-state index is 0.249. The lowest BCUT2D eigenvalue weighted by atomic mass is 9.66. The fraction of sp³-hybridized carbons (Fsp3) is 0.526. The maximum Gasteiger partial charge on any atom is 0.325 e. The minimum Gasteiger partial charge on any atom is -0.469 e. The fourth-order valence-electron chi connectivity index (χ4n) is 4.16. The van der Waals surface area contributed by atoms with Crippen molar-refractivity contribution in [3.05, 3.63) is 34.7 Å². The Balaban J connectivity index is 2.25. The molecule has 0 aromatic carbocycles. The van der Waals surface area contributed by atoms with Gasteiger partial charge in [0.1, 0.15) is 18.0 Å². The smallest absolute Gasteiger partial charge is 0.325 e. The maximum absolute atomic E-state index is 13.1. The number of ether oxygens (including phenoxy) is 3. The molecule has 0 N–H and O–H groups in total. The number of nitriles is 1. The topological polar surface area (TPSA) is 88.9 Å². The largest absolute Gasteiger partial charge is 0.469 e. The summed E-state index contributed by atoms with van der Waals surface area (Å²) in [4.78, 5) is 27.8. The molecular formula is C19H22N2O5S2. The van der Waals surface area contributed by atoms with E-state index >= 15 is 0 Å². The maximum atomic E-state index is 13.1. The third-order valence-corrected chi connectivity index (χ3v) is 7.87. The molecule has 0 radical (unpaired) electrons. The molecule has 150 valence electrons. The zero-order valence-corrected chi connectivity index (χ0v) is 17.5. The number of methoxy groups -OCH3 is 2. The summed E-state index contributed by atoms with van der Waals surface area (Å²) in [7, 11) is 2.62. The SMILES string of the molecule is C=CCOC1C2C=CC3N1C(C#N)=C(SCC)SC3(C(=O)OC)C2C(=O)OC. The van der Waals surface area contributed by atoms with Gasteiger partial charge in [-0.15, -0.1) is 18.3 Å². The first-order valence-corrected chi connectivity index (χ1v) is 10.6. The van der Waals surface area contributed by atoms with Gasteiger partial charge < -0.3 is 19.1 Å². The monoisotopic (exact) mass is 422 g/mol.